The number of aromatic amines is 1. The number of rotatable bonds is 5. The summed E-state index contributed by atoms with van der Waals surface area (Å²) in [7, 11) is 0. The fraction of sp³-hybridized carbons (Fsp3) is 0.250. The predicted octanol–water partition coefficient (Wildman–Crippen LogP) is 5.54. The Labute approximate surface area is 208 Å². The second kappa shape index (κ2) is 9.24. The van der Waals surface area contributed by atoms with Crippen LogP contribution in [0.5, 0.6) is 0 Å². The topological polar surface area (TPSA) is 73.9 Å². The highest BCUT2D eigenvalue weighted by atomic mass is 32.1. The van der Waals surface area contributed by atoms with Crippen molar-refractivity contribution in [3.8, 4) is 11.3 Å². The number of aromatic nitrogens is 3. The van der Waals surface area contributed by atoms with E-state index in [1.54, 1.807) is 6.20 Å². The maximum Gasteiger partial charge on any atom is 0.251 e. The third-order valence-electron chi connectivity index (χ3n) is 6.69. The van der Waals surface area contributed by atoms with Crippen molar-refractivity contribution in [1.82, 2.24) is 25.4 Å². The number of fused-ring (bicyclic) bond motifs is 2. The first-order valence-electron chi connectivity index (χ1n) is 12.0. The third-order valence-corrected chi connectivity index (χ3v) is 7.79. The summed E-state index contributed by atoms with van der Waals surface area (Å²) in [4.78, 5) is 21.3. The lowest BCUT2D eigenvalue weighted by molar-refractivity contribution is 0.0901. The third kappa shape index (κ3) is 4.57. The number of thiophene rings is 1. The Bertz CT molecular complexity index is 1490. The number of aryl methyl sites for hydroxylation is 1. The van der Waals surface area contributed by atoms with Gasteiger partial charge < -0.3 is 5.32 Å². The van der Waals surface area contributed by atoms with Crippen LogP contribution in [0.2, 0.25) is 0 Å². The summed E-state index contributed by atoms with van der Waals surface area (Å²) in [6.45, 7) is 4.83. The van der Waals surface area contributed by atoms with E-state index in [9.17, 15) is 4.79 Å². The highest BCUT2D eigenvalue weighted by Crippen LogP contribution is 2.28. The summed E-state index contributed by atoms with van der Waals surface area (Å²) in [5, 5.41) is 13.1. The SMILES string of the molecule is Cc1cc(-c2n[nH]c3ccc(C(=O)N[C@@H]4CCCN(Cc5cc6ccccc6s5)C4)cc23)ccn1. The van der Waals surface area contributed by atoms with Crippen LogP contribution in [0.3, 0.4) is 0 Å². The zero-order valence-electron chi connectivity index (χ0n) is 19.6. The molecule has 1 atom stereocenters. The van der Waals surface area contributed by atoms with Crippen LogP contribution in [0.1, 0.15) is 33.8 Å². The van der Waals surface area contributed by atoms with E-state index in [1.807, 2.05) is 48.6 Å². The van der Waals surface area contributed by atoms with Crippen LogP contribution < -0.4 is 5.32 Å². The maximum atomic E-state index is 13.2. The quantitative estimate of drug-likeness (QED) is 0.346. The van der Waals surface area contributed by atoms with Gasteiger partial charge in [0.05, 0.1) is 5.52 Å². The molecule has 1 saturated heterocycles. The van der Waals surface area contributed by atoms with E-state index in [-0.39, 0.29) is 11.9 Å². The minimum absolute atomic E-state index is 0.0290. The van der Waals surface area contributed by atoms with E-state index in [0.29, 0.717) is 5.56 Å². The molecule has 0 unspecified atom stereocenters. The van der Waals surface area contributed by atoms with Gasteiger partial charge >= 0.3 is 0 Å². The predicted molar refractivity (Wildman–Crippen MR) is 142 cm³/mol. The summed E-state index contributed by atoms with van der Waals surface area (Å²) >= 11 is 1.86. The minimum Gasteiger partial charge on any atom is -0.348 e. The van der Waals surface area contributed by atoms with Gasteiger partial charge in [0.15, 0.2) is 0 Å². The number of benzene rings is 2. The Morgan fingerprint density at radius 3 is 2.97 bits per heavy atom. The van der Waals surface area contributed by atoms with Gasteiger partial charge in [0, 0.05) is 57.1 Å². The van der Waals surface area contributed by atoms with Gasteiger partial charge in [0.1, 0.15) is 5.69 Å². The zero-order valence-corrected chi connectivity index (χ0v) is 20.4. The molecule has 0 bridgehead atoms. The number of hydrogen-bond donors (Lipinski definition) is 2. The molecule has 2 N–H and O–H groups in total. The molecule has 3 aromatic heterocycles. The van der Waals surface area contributed by atoms with Crippen LogP contribution in [0, 0.1) is 6.92 Å². The highest BCUT2D eigenvalue weighted by molar-refractivity contribution is 7.19. The van der Waals surface area contributed by atoms with Crippen molar-refractivity contribution in [3.63, 3.8) is 0 Å². The number of amides is 1. The lowest BCUT2D eigenvalue weighted by atomic mass is 10.0. The number of pyridine rings is 1. The molecule has 2 aromatic carbocycles. The number of hydrogen-bond acceptors (Lipinski definition) is 5. The normalized spacial score (nSPS) is 16.7. The van der Waals surface area contributed by atoms with Crippen molar-refractivity contribution < 1.29 is 4.79 Å². The Balaban J connectivity index is 1.16. The number of likely N-dealkylation sites (tertiary alicyclic amines) is 1. The fourth-order valence-electron chi connectivity index (χ4n) is 4.99. The van der Waals surface area contributed by atoms with E-state index in [4.69, 9.17) is 0 Å². The Kier molecular flexibility index (Phi) is 5.80. The molecule has 0 radical (unpaired) electrons. The van der Waals surface area contributed by atoms with Crippen LogP contribution in [0.25, 0.3) is 32.2 Å². The molecule has 1 amide bonds. The lowest BCUT2D eigenvalue weighted by Gasteiger charge is -2.32. The van der Waals surface area contributed by atoms with Gasteiger partial charge in [0.25, 0.3) is 5.91 Å². The molecule has 35 heavy (non-hydrogen) atoms. The molecule has 1 fully saturated rings. The average Bonchev–Trinajstić information content (AvgIpc) is 3.47. The number of carbonyl (C=O) groups excluding carboxylic acids is 1. The van der Waals surface area contributed by atoms with Crippen LogP contribution in [-0.4, -0.2) is 45.1 Å². The van der Waals surface area contributed by atoms with Crippen LogP contribution in [-0.2, 0) is 6.54 Å². The van der Waals surface area contributed by atoms with Crippen molar-refractivity contribution in [2.24, 2.45) is 0 Å². The van der Waals surface area contributed by atoms with Crippen molar-refractivity contribution >= 4 is 38.2 Å². The number of nitrogens with zero attached hydrogens (tertiary/aromatic N) is 3. The molecule has 4 heterocycles. The van der Waals surface area contributed by atoms with Gasteiger partial charge in [-0.15, -0.1) is 11.3 Å². The largest absolute Gasteiger partial charge is 0.348 e. The molecule has 6 nitrogen and oxygen atoms in total. The van der Waals surface area contributed by atoms with Crippen LogP contribution in [0.15, 0.2) is 66.9 Å². The van der Waals surface area contributed by atoms with Crippen LogP contribution >= 0.6 is 11.3 Å². The molecule has 7 heteroatoms. The first-order chi connectivity index (χ1) is 17.1. The van der Waals surface area contributed by atoms with Crippen molar-refractivity contribution in [3.05, 3.63) is 83.0 Å². The van der Waals surface area contributed by atoms with E-state index in [1.165, 1.54) is 15.0 Å². The first-order valence-corrected chi connectivity index (χ1v) is 12.9. The number of carbonyl (C=O) groups is 1. The van der Waals surface area contributed by atoms with Gasteiger partial charge in [-0.2, -0.15) is 5.10 Å². The monoisotopic (exact) mass is 481 g/mol. The van der Waals surface area contributed by atoms with Crippen molar-refractivity contribution in [1.29, 1.82) is 0 Å². The molecular formula is C28H27N5OS. The second-order valence-corrected chi connectivity index (χ2v) is 10.5. The molecule has 0 aliphatic carbocycles. The number of nitrogens with one attached hydrogen (secondary N) is 2. The Morgan fingerprint density at radius 1 is 1.17 bits per heavy atom. The molecule has 0 saturated carbocycles. The van der Waals surface area contributed by atoms with Crippen LogP contribution in [0.4, 0.5) is 0 Å². The standard InChI is InChI=1S/C28H27N5OS/c1-18-13-20(10-11-29-18)27-24-15-21(8-9-25(24)31-32-27)28(34)30-22-6-4-12-33(16-22)17-23-14-19-5-2-3-7-26(19)35-23/h2-3,5,7-11,13-15,22H,4,6,12,16-17H2,1H3,(H,30,34)(H,31,32)/t22-/m1/s1. The Morgan fingerprint density at radius 2 is 2.09 bits per heavy atom. The molecule has 5 aromatic rings. The lowest BCUT2D eigenvalue weighted by Crippen LogP contribution is -2.47. The molecule has 1 aliphatic rings. The Hall–Kier alpha value is -3.55. The van der Waals surface area contributed by atoms with E-state index in [2.05, 4.69) is 55.7 Å². The highest BCUT2D eigenvalue weighted by Gasteiger charge is 2.23. The first kappa shape index (κ1) is 21.9. The fourth-order valence-corrected chi connectivity index (χ4v) is 6.10. The molecule has 176 valence electrons. The maximum absolute atomic E-state index is 13.2. The average molecular weight is 482 g/mol. The molecule has 6 rings (SSSR count). The van der Waals surface area contributed by atoms with Crippen molar-refractivity contribution in [2.45, 2.75) is 32.4 Å². The molecule has 0 spiro atoms. The number of piperidine rings is 1. The minimum atomic E-state index is -0.0290. The van der Waals surface area contributed by atoms with E-state index < -0.39 is 0 Å². The summed E-state index contributed by atoms with van der Waals surface area (Å²) in [6.07, 6.45) is 3.88. The van der Waals surface area contributed by atoms with E-state index in [0.717, 1.165) is 60.3 Å². The summed E-state index contributed by atoms with van der Waals surface area (Å²) in [5.41, 5.74) is 4.34. The van der Waals surface area contributed by atoms with Gasteiger partial charge in [-0.05, 0) is 74.2 Å². The van der Waals surface area contributed by atoms with Gasteiger partial charge in [0.2, 0.25) is 0 Å². The van der Waals surface area contributed by atoms with E-state index >= 15 is 0 Å². The smallest absolute Gasteiger partial charge is 0.251 e. The van der Waals surface area contributed by atoms with Gasteiger partial charge in [-0.3, -0.25) is 19.8 Å². The molecule has 1 aliphatic heterocycles. The summed E-state index contributed by atoms with van der Waals surface area (Å²) in [5.74, 6) is -0.0290. The van der Waals surface area contributed by atoms with Gasteiger partial charge in [-0.1, -0.05) is 18.2 Å². The zero-order chi connectivity index (χ0) is 23.8. The number of H-pyrrole nitrogens is 1. The van der Waals surface area contributed by atoms with Gasteiger partial charge in [-0.25, -0.2) is 0 Å². The summed E-state index contributed by atoms with van der Waals surface area (Å²) < 4.78 is 1.33. The molecular weight excluding hydrogens is 454 g/mol. The van der Waals surface area contributed by atoms with Crippen molar-refractivity contribution in [2.75, 3.05) is 13.1 Å². The summed E-state index contributed by atoms with van der Waals surface area (Å²) in [6, 6.07) is 20.7. The second-order valence-electron chi connectivity index (χ2n) is 9.32.